The topological polar surface area (TPSA) is 98.1 Å². The summed E-state index contributed by atoms with van der Waals surface area (Å²) in [5.74, 6) is 0.938. The summed E-state index contributed by atoms with van der Waals surface area (Å²) in [6.45, 7) is 0. The van der Waals surface area contributed by atoms with E-state index in [0.29, 0.717) is 17.6 Å². The number of hydrogen-bond donors (Lipinski definition) is 0. The van der Waals surface area contributed by atoms with Gasteiger partial charge in [-0.1, -0.05) is 30.0 Å². The van der Waals surface area contributed by atoms with E-state index in [1.54, 1.807) is 17.3 Å². The summed E-state index contributed by atoms with van der Waals surface area (Å²) in [6.07, 6.45) is 6.04. The number of carbonyl (C=O) groups is 1. The Balaban J connectivity index is 1.38. The first kappa shape index (κ1) is 21.1. The highest BCUT2D eigenvalue weighted by Gasteiger charge is 2.36. The highest BCUT2D eigenvalue weighted by atomic mass is 32.2. The first-order valence-corrected chi connectivity index (χ1v) is 13.4. The van der Waals surface area contributed by atoms with E-state index in [0.717, 1.165) is 29.9 Å². The van der Waals surface area contributed by atoms with Crippen LogP contribution in [0.3, 0.4) is 0 Å². The number of para-hydroxylation sites is 1. The van der Waals surface area contributed by atoms with E-state index in [1.807, 2.05) is 42.5 Å². The Morgan fingerprint density at radius 1 is 1.06 bits per heavy atom. The van der Waals surface area contributed by atoms with E-state index in [4.69, 9.17) is 0 Å². The normalized spacial score (nSPS) is 19.7. The van der Waals surface area contributed by atoms with Crippen LogP contribution >= 0.6 is 11.8 Å². The summed E-state index contributed by atoms with van der Waals surface area (Å²) >= 11 is 1.35. The minimum absolute atomic E-state index is 0.00273. The number of hydrogen-bond acceptors (Lipinski definition) is 7. The number of nitrogens with zero attached hydrogens (tertiary/aromatic N) is 5. The van der Waals surface area contributed by atoms with Crippen LogP contribution in [0.4, 0.5) is 5.69 Å². The molecule has 0 N–H and O–H groups in total. The lowest BCUT2D eigenvalue weighted by molar-refractivity contribution is -0.116. The second-order valence-electron chi connectivity index (χ2n) is 8.09. The number of benzene rings is 1. The molecule has 1 aliphatic heterocycles. The Hall–Kier alpha value is -2.72. The molecular formula is C22H23N5O3S2. The van der Waals surface area contributed by atoms with Crippen molar-refractivity contribution in [2.24, 2.45) is 0 Å². The first-order chi connectivity index (χ1) is 15.5. The molecule has 1 saturated carbocycles. The molecule has 3 heterocycles. The zero-order valence-electron chi connectivity index (χ0n) is 17.4. The van der Waals surface area contributed by atoms with Gasteiger partial charge in [0.25, 0.3) is 0 Å². The van der Waals surface area contributed by atoms with E-state index in [1.165, 1.54) is 11.8 Å². The number of aromatic nitrogens is 4. The highest BCUT2D eigenvalue weighted by Crippen LogP contribution is 2.41. The van der Waals surface area contributed by atoms with Crippen molar-refractivity contribution in [3.63, 3.8) is 0 Å². The maximum absolute atomic E-state index is 13.3. The number of rotatable bonds is 7. The molecule has 166 valence electrons. The fourth-order valence-electron chi connectivity index (χ4n) is 4.06. The lowest BCUT2D eigenvalue weighted by Crippen LogP contribution is -2.42. The molecule has 1 saturated heterocycles. The average molecular weight is 470 g/mol. The summed E-state index contributed by atoms with van der Waals surface area (Å²) < 4.78 is 26.3. The summed E-state index contributed by atoms with van der Waals surface area (Å²) in [7, 11) is -3.12. The third kappa shape index (κ3) is 4.42. The van der Waals surface area contributed by atoms with Crippen LogP contribution in [0.1, 0.15) is 25.3 Å². The average Bonchev–Trinajstić information content (AvgIpc) is 3.45. The van der Waals surface area contributed by atoms with Crippen LogP contribution in [0.15, 0.2) is 60.0 Å². The predicted molar refractivity (Wildman–Crippen MR) is 123 cm³/mol. The van der Waals surface area contributed by atoms with Crippen LogP contribution in [0.25, 0.3) is 11.4 Å². The molecule has 1 aromatic carbocycles. The minimum Gasteiger partial charge on any atom is -0.308 e. The van der Waals surface area contributed by atoms with Crippen LogP contribution in [-0.4, -0.2) is 57.4 Å². The Bertz CT molecular complexity index is 1210. The lowest BCUT2D eigenvalue weighted by atomic mass is 10.2. The molecule has 2 fully saturated rings. The zero-order chi connectivity index (χ0) is 22.1. The molecule has 0 unspecified atom stereocenters. The lowest BCUT2D eigenvalue weighted by Gasteiger charge is -2.28. The monoisotopic (exact) mass is 469 g/mol. The maximum atomic E-state index is 13.3. The number of anilines is 1. The largest absolute Gasteiger partial charge is 0.308 e. The van der Waals surface area contributed by atoms with Gasteiger partial charge in [-0.05, 0) is 43.5 Å². The predicted octanol–water partition coefficient (Wildman–Crippen LogP) is 2.99. The molecule has 0 bridgehead atoms. The molecule has 10 heteroatoms. The van der Waals surface area contributed by atoms with Gasteiger partial charge in [0.2, 0.25) is 5.91 Å². The summed E-state index contributed by atoms with van der Waals surface area (Å²) in [4.78, 5) is 19.1. The number of thioether (sulfide) groups is 1. The van der Waals surface area contributed by atoms with Crippen molar-refractivity contribution in [1.29, 1.82) is 0 Å². The molecule has 1 amide bonds. The smallest absolute Gasteiger partial charge is 0.237 e. The summed E-state index contributed by atoms with van der Waals surface area (Å²) in [5.41, 5.74) is 1.67. The van der Waals surface area contributed by atoms with Crippen LogP contribution in [0, 0.1) is 0 Å². The van der Waals surface area contributed by atoms with Gasteiger partial charge in [0.05, 0.1) is 23.3 Å². The SMILES string of the molecule is O=C(CSc1nnc(-c2ccncc2)n1C1CC1)N(c1ccccc1)[C@H]1CCS(=O)(=O)C1. The summed E-state index contributed by atoms with van der Waals surface area (Å²) in [6, 6.07) is 13.1. The van der Waals surface area contributed by atoms with Gasteiger partial charge < -0.3 is 4.90 Å². The number of carbonyl (C=O) groups excluding carboxylic acids is 1. The molecule has 1 atom stereocenters. The van der Waals surface area contributed by atoms with E-state index in [2.05, 4.69) is 19.7 Å². The van der Waals surface area contributed by atoms with Crippen molar-refractivity contribution in [2.45, 2.75) is 36.5 Å². The molecular weight excluding hydrogens is 446 g/mol. The molecule has 0 spiro atoms. The molecule has 2 aromatic heterocycles. The first-order valence-electron chi connectivity index (χ1n) is 10.6. The molecule has 5 rings (SSSR count). The number of pyridine rings is 1. The number of amides is 1. The molecule has 2 aliphatic rings. The van der Waals surface area contributed by atoms with Crippen molar-refractivity contribution < 1.29 is 13.2 Å². The Kier molecular flexibility index (Phi) is 5.73. The van der Waals surface area contributed by atoms with Crippen LogP contribution in [0.5, 0.6) is 0 Å². The highest BCUT2D eigenvalue weighted by molar-refractivity contribution is 7.99. The van der Waals surface area contributed by atoms with Gasteiger partial charge in [-0.25, -0.2) is 8.42 Å². The van der Waals surface area contributed by atoms with Gasteiger partial charge in [-0.15, -0.1) is 10.2 Å². The molecule has 1 aliphatic carbocycles. The van der Waals surface area contributed by atoms with E-state index in [-0.39, 0.29) is 29.2 Å². The zero-order valence-corrected chi connectivity index (χ0v) is 19.0. The standard InChI is InChI=1S/C22H23N5O3S2/c28-20(26(17-4-2-1-3-5-17)19-10-13-32(29,30)15-19)14-31-22-25-24-21(27(22)18-6-7-18)16-8-11-23-12-9-16/h1-5,8-9,11-12,18-19H,6-7,10,13-15H2/t19-/m0/s1. The van der Waals surface area contributed by atoms with Crippen molar-refractivity contribution in [1.82, 2.24) is 19.7 Å². The Morgan fingerprint density at radius 2 is 1.81 bits per heavy atom. The quantitative estimate of drug-likeness (QED) is 0.491. The fraction of sp³-hybridized carbons (Fsp3) is 0.364. The van der Waals surface area contributed by atoms with E-state index < -0.39 is 9.84 Å². The third-order valence-electron chi connectivity index (χ3n) is 5.72. The Morgan fingerprint density at radius 3 is 2.47 bits per heavy atom. The van der Waals surface area contributed by atoms with Crippen LogP contribution in [0.2, 0.25) is 0 Å². The third-order valence-corrected chi connectivity index (χ3v) is 8.39. The minimum atomic E-state index is -3.12. The number of sulfone groups is 1. The second-order valence-corrected chi connectivity index (χ2v) is 11.3. The van der Waals surface area contributed by atoms with Gasteiger partial charge in [-0.3, -0.25) is 14.3 Å². The maximum Gasteiger partial charge on any atom is 0.237 e. The Labute approximate surface area is 191 Å². The molecule has 0 radical (unpaired) electrons. The second kappa shape index (κ2) is 8.67. The van der Waals surface area contributed by atoms with Gasteiger partial charge in [0, 0.05) is 29.7 Å². The van der Waals surface area contributed by atoms with Crippen molar-refractivity contribution in [3.8, 4) is 11.4 Å². The van der Waals surface area contributed by atoms with Gasteiger partial charge in [-0.2, -0.15) is 0 Å². The molecule has 3 aromatic rings. The van der Waals surface area contributed by atoms with Crippen molar-refractivity contribution >= 4 is 33.2 Å². The molecule has 8 nitrogen and oxygen atoms in total. The van der Waals surface area contributed by atoms with Crippen LogP contribution in [-0.2, 0) is 14.6 Å². The van der Waals surface area contributed by atoms with Gasteiger partial charge in [0.1, 0.15) is 0 Å². The van der Waals surface area contributed by atoms with E-state index in [9.17, 15) is 13.2 Å². The van der Waals surface area contributed by atoms with Gasteiger partial charge in [0.15, 0.2) is 20.8 Å². The van der Waals surface area contributed by atoms with Crippen molar-refractivity contribution in [2.75, 3.05) is 22.2 Å². The van der Waals surface area contributed by atoms with Gasteiger partial charge >= 0.3 is 0 Å². The van der Waals surface area contributed by atoms with Crippen molar-refractivity contribution in [3.05, 3.63) is 54.9 Å². The van der Waals surface area contributed by atoms with Crippen LogP contribution < -0.4 is 4.90 Å². The van der Waals surface area contributed by atoms with E-state index >= 15 is 0 Å². The summed E-state index contributed by atoms with van der Waals surface area (Å²) in [5, 5.41) is 9.46. The fourth-order valence-corrected chi connectivity index (χ4v) is 6.62. The molecule has 32 heavy (non-hydrogen) atoms.